The van der Waals surface area contributed by atoms with E-state index >= 15 is 4.39 Å². The summed E-state index contributed by atoms with van der Waals surface area (Å²) >= 11 is 12.4. The molecule has 342 valence electrons. The smallest absolute Gasteiger partial charge is 0.389 e. The van der Waals surface area contributed by atoms with Gasteiger partial charge in [0, 0.05) is 47.7 Å². The molecular formula is C45H49Cl2F4N7O6. The van der Waals surface area contributed by atoms with Crippen molar-refractivity contribution in [2.45, 2.75) is 82.3 Å². The maximum Gasteiger partial charge on any atom is 0.389 e. The van der Waals surface area contributed by atoms with Gasteiger partial charge in [0.25, 0.3) is 0 Å². The average Bonchev–Trinajstić information content (AvgIpc) is 3.59. The molecule has 19 heteroatoms. The van der Waals surface area contributed by atoms with Gasteiger partial charge in [-0.3, -0.25) is 24.1 Å². The topological polar surface area (TPSA) is 149 Å². The number of alkyl halides is 3. The van der Waals surface area contributed by atoms with Gasteiger partial charge in [-0.25, -0.2) is 9.37 Å². The number of aromatic nitrogens is 2. The number of nitrogens with one attached hydrogen (secondary N) is 2. The summed E-state index contributed by atoms with van der Waals surface area (Å²) in [6.45, 7) is 2.23. The van der Waals surface area contributed by atoms with Crippen LogP contribution < -0.4 is 15.4 Å². The molecular weight excluding hydrogens is 881 g/mol. The molecule has 4 heterocycles. The van der Waals surface area contributed by atoms with Crippen LogP contribution in [0.5, 0.6) is 11.5 Å². The van der Waals surface area contributed by atoms with Crippen molar-refractivity contribution in [3.8, 4) is 22.8 Å². The van der Waals surface area contributed by atoms with E-state index in [0.29, 0.717) is 17.0 Å². The number of hydrogen-bond donors (Lipinski definition) is 3. The van der Waals surface area contributed by atoms with Crippen molar-refractivity contribution in [3.05, 3.63) is 99.7 Å². The zero-order valence-corrected chi connectivity index (χ0v) is 36.8. The van der Waals surface area contributed by atoms with Gasteiger partial charge in [0.05, 0.1) is 49.5 Å². The van der Waals surface area contributed by atoms with Gasteiger partial charge in [-0.2, -0.15) is 13.2 Å². The maximum atomic E-state index is 16.1. The number of halogens is 6. The van der Waals surface area contributed by atoms with E-state index in [1.807, 2.05) is 11.6 Å². The molecule has 2 bridgehead atoms. The van der Waals surface area contributed by atoms with Crippen LogP contribution in [-0.2, 0) is 45.7 Å². The summed E-state index contributed by atoms with van der Waals surface area (Å²) in [4.78, 5) is 65.5. The highest BCUT2D eigenvalue weighted by Crippen LogP contribution is 2.36. The van der Waals surface area contributed by atoms with Crippen LogP contribution in [0.4, 0.5) is 17.6 Å². The quantitative estimate of drug-likeness (QED) is 0.146. The molecule has 0 saturated carbocycles. The summed E-state index contributed by atoms with van der Waals surface area (Å²) in [7, 11) is 1.93. The highest BCUT2D eigenvalue weighted by Gasteiger charge is 2.45. The number of amides is 4. The first-order chi connectivity index (χ1) is 30.4. The highest BCUT2D eigenvalue weighted by atomic mass is 35.5. The molecule has 0 unspecified atom stereocenters. The van der Waals surface area contributed by atoms with Gasteiger partial charge in [0.1, 0.15) is 35.2 Å². The summed E-state index contributed by atoms with van der Waals surface area (Å²) in [5, 5.41) is 16.1. The molecule has 1 aromatic heterocycles. The van der Waals surface area contributed by atoms with E-state index in [2.05, 4.69) is 20.5 Å². The van der Waals surface area contributed by atoms with E-state index in [0.717, 1.165) is 54.1 Å². The van der Waals surface area contributed by atoms with E-state index in [1.54, 1.807) is 54.7 Å². The lowest BCUT2D eigenvalue weighted by Crippen LogP contribution is -2.65. The molecule has 4 amide bonds. The Morgan fingerprint density at radius 3 is 2.31 bits per heavy atom. The number of piperidine rings is 1. The number of hydrogen-bond acceptors (Lipinski definition) is 8. The predicted molar refractivity (Wildman–Crippen MR) is 230 cm³/mol. The zero-order valence-electron chi connectivity index (χ0n) is 35.3. The second-order valence-corrected chi connectivity index (χ2v) is 17.7. The van der Waals surface area contributed by atoms with E-state index in [-0.39, 0.29) is 48.0 Å². The lowest BCUT2D eigenvalue weighted by molar-refractivity contribution is -0.164. The third kappa shape index (κ3) is 11.0. The van der Waals surface area contributed by atoms with Crippen molar-refractivity contribution in [3.63, 3.8) is 0 Å². The molecule has 3 aliphatic rings. The predicted octanol–water partition coefficient (Wildman–Crippen LogP) is 6.42. The number of imidazole rings is 1. The minimum atomic E-state index is -4.88. The largest absolute Gasteiger partial charge is 0.457 e. The number of ether oxygens (including phenoxy) is 1. The molecule has 0 radical (unpaired) electrons. The van der Waals surface area contributed by atoms with E-state index in [4.69, 9.17) is 27.9 Å². The Balaban J connectivity index is 1.19. The van der Waals surface area contributed by atoms with Crippen molar-refractivity contribution in [2.24, 2.45) is 13.0 Å². The fourth-order valence-corrected chi connectivity index (χ4v) is 8.87. The number of aliphatic hydroxyl groups excluding tert-OH is 1. The van der Waals surface area contributed by atoms with E-state index < -0.39 is 85.2 Å². The normalized spacial score (nSPS) is 22.7. The van der Waals surface area contributed by atoms with Crippen LogP contribution in [0.25, 0.3) is 11.3 Å². The van der Waals surface area contributed by atoms with Crippen LogP contribution in [0.2, 0.25) is 10.0 Å². The molecule has 7 rings (SSSR count). The lowest BCUT2D eigenvalue weighted by Gasteiger charge is -2.45. The first kappa shape index (κ1) is 46.8. The Morgan fingerprint density at radius 2 is 1.66 bits per heavy atom. The van der Waals surface area contributed by atoms with Crippen molar-refractivity contribution >= 4 is 46.8 Å². The number of carbonyl (C=O) groups excluding carboxylic acids is 4. The Kier molecular flexibility index (Phi) is 14.2. The number of rotatable bonds is 11. The first-order valence-corrected chi connectivity index (χ1v) is 21.8. The molecule has 4 aromatic rings. The van der Waals surface area contributed by atoms with Crippen LogP contribution in [-0.4, -0.2) is 110 Å². The number of likely N-dealkylation sites (tertiary alicyclic amines) is 1. The SMILES string of the molecule is C[C@H]1C(=O)N[C@@H](CO)C(=O)N[C@@]2(Cc3ccc(Cl)cc3)CCCN(C2)C(=O)[C@H](CC(F)(F)F)CC(=O)N1Cc1c(F)cc(Cl)cc1Oc1ccc(-c2cnc(CN3CCC3)n2C)cc1. The fraction of sp³-hybridized carbons (Fsp3) is 0.444. The summed E-state index contributed by atoms with van der Waals surface area (Å²) < 4.78 is 67.0. The van der Waals surface area contributed by atoms with Gasteiger partial charge in [0.15, 0.2) is 0 Å². The van der Waals surface area contributed by atoms with Crippen LogP contribution in [0.15, 0.2) is 66.9 Å². The summed E-state index contributed by atoms with van der Waals surface area (Å²) in [6.07, 6.45) is -3.91. The maximum absolute atomic E-state index is 16.1. The minimum Gasteiger partial charge on any atom is -0.457 e. The van der Waals surface area contributed by atoms with Crippen LogP contribution in [0, 0.1) is 11.7 Å². The first-order valence-electron chi connectivity index (χ1n) is 21.0. The van der Waals surface area contributed by atoms with Crippen LogP contribution >= 0.6 is 23.2 Å². The van der Waals surface area contributed by atoms with Gasteiger partial charge in [-0.05, 0) is 99.8 Å². The number of carbonyl (C=O) groups is 4. The molecule has 13 nitrogen and oxygen atoms in total. The Hall–Kier alpha value is -5.23. The third-order valence-electron chi connectivity index (χ3n) is 12.2. The van der Waals surface area contributed by atoms with Crippen LogP contribution in [0.1, 0.15) is 56.0 Å². The Bertz CT molecular complexity index is 2360. The molecule has 0 spiro atoms. The van der Waals surface area contributed by atoms with Crippen LogP contribution in [0.3, 0.4) is 0 Å². The Labute approximate surface area is 377 Å². The second kappa shape index (κ2) is 19.5. The zero-order chi connectivity index (χ0) is 45.9. The molecule has 64 heavy (non-hydrogen) atoms. The molecule has 3 fully saturated rings. The molecule has 3 aliphatic heterocycles. The lowest BCUT2D eigenvalue weighted by atomic mass is 9.82. The molecule has 3 saturated heterocycles. The Morgan fingerprint density at radius 1 is 0.938 bits per heavy atom. The highest BCUT2D eigenvalue weighted by molar-refractivity contribution is 6.31. The monoisotopic (exact) mass is 929 g/mol. The number of benzene rings is 3. The van der Waals surface area contributed by atoms with Gasteiger partial charge >= 0.3 is 6.18 Å². The van der Waals surface area contributed by atoms with E-state index in [1.165, 1.54) is 17.9 Å². The van der Waals surface area contributed by atoms with Crippen molar-refractivity contribution in [1.82, 2.24) is 34.9 Å². The molecule has 4 atom stereocenters. The number of fused-ring (bicyclic) bond motifs is 2. The standard InChI is InChI=1S/C45H49Cl2F4N7O6/c1-27-41(61)53-36(25-59)42(62)54-44(20-28-5-9-31(46)10-6-28)13-3-16-57(26-44)43(63)30(21-45(49,50)51)17-40(60)58(27)23-34-35(48)18-32(47)19-38(34)64-33-11-7-29(8-12-33)37-22-52-39(55(37)2)24-56-14-4-15-56/h5-12,18-19,22,27,30,36,59H,3-4,13-17,20-21,23-26H2,1-2H3,(H,53,61)(H,54,62)/t27-,30-,36-,44+/m0/s1. The van der Waals surface area contributed by atoms with Gasteiger partial charge < -0.3 is 34.8 Å². The number of aliphatic hydroxyl groups is 1. The molecule has 3 aromatic carbocycles. The number of nitrogens with zero attached hydrogens (tertiary/aromatic N) is 5. The van der Waals surface area contributed by atoms with Gasteiger partial charge in [-0.15, -0.1) is 0 Å². The van der Waals surface area contributed by atoms with Crippen molar-refractivity contribution in [1.29, 1.82) is 0 Å². The third-order valence-corrected chi connectivity index (χ3v) is 12.7. The summed E-state index contributed by atoms with van der Waals surface area (Å²) in [5.41, 5.74) is 0.861. The minimum absolute atomic E-state index is 0.0411. The van der Waals surface area contributed by atoms with Crippen molar-refractivity contribution in [2.75, 3.05) is 32.8 Å². The average molecular weight is 931 g/mol. The molecule has 0 aliphatic carbocycles. The van der Waals surface area contributed by atoms with Gasteiger partial charge in [-0.1, -0.05) is 35.3 Å². The van der Waals surface area contributed by atoms with Gasteiger partial charge in [0.2, 0.25) is 23.6 Å². The second-order valence-electron chi connectivity index (χ2n) is 16.8. The fourth-order valence-electron chi connectivity index (χ4n) is 8.55. The molecule has 3 N–H and O–H groups in total. The van der Waals surface area contributed by atoms with Crippen molar-refractivity contribution < 1.29 is 46.6 Å². The summed E-state index contributed by atoms with van der Waals surface area (Å²) in [6, 6.07) is 12.7. The summed E-state index contributed by atoms with van der Waals surface area (Å²) in [5.74, 6) is -5.75. The van der Waals surface area contributed by atoms with E-state index in [9.17, 15) is 37.5 Å².